The van der Waals surface area contributed by atoms with E-state index in [1.807, 2.05) is 0 Å². The van der Waals surface area contributed by atoms with E-state index in [9.17, 15) is 0 Å². The van der Waals surface area contributed by atoms with Crippen molar-refractivity contribution in [2.75, 3.05) is 6.61 Å². The van der Waals surface area contributed by atoms with Crippen LogP contribution in [0.1, 0.15) is 27.7 Å². The molecule has 0 saturated heterocycles. The molecule has 2 rings (SSSR count). The van der Waals surface area contributed by atoms with Gasteiger partial charge in [-0.25, -0.2) is 0 Å². The van der Waals surface area contributed by atoms with Gasteiger partial charge in [0, 0.05) is 6.61 Å². The lowest BCUT2D eigenvalue weighted by Crippen LogP contribution is -2.66. The normalized spacial score (nSPS) is 14.0. The minimum atomic E-state index is -2.38. The van der Waals surface area contributed by atoms with Crippen LogP contribution in [0.25, 0.3) is 0 Å². The number of hydrogen-bond acceptors (Lipinski definition) is 1. The van der Waals surface area contributed by atoms with E-state index in [1.165, 1.54) is 10.4 Å². The maximum absolute atomic E-state index is 6.86. The molecule has 1 nitrogen and oxygen atoms in total. The van der Waals surface area contributed by atoms with Gasteiger partial charge in [0.2, 0.25) is 0 Å². The predicted octanol–water partition coefficient (Wildman–Crippen LogP) is 5.15. The number of hydrogen-bond donors (Lipinski definition) is 0. The third-order valence-corrected chi connectivity index (χ3v) is 9.80. The van der Waals surface area contributed by atoms with Gasteiger partial charge in [-0.3, -0.25) is 0 Å². The van der Waals surface area contributed by atoms with Crippen LogP contribution < -0.4 is 10.4 Å². The minimum absolute atomic E-state index is 0.0451. The van der Waals surface area contributed by atoms with Crippen LogP contribution in [0.4, 0.5) is 0 Å². The SMILES string of the molecule is C[C@@H](/C=C/I)CO[Si](c1ccccc1)(c1ccccc1)C(C)(C)C. The van der Waals surface area contributed by atoms with E-state index in [2.05, 4.69) is 121 Å². The first-order valence-electron chi connectivity index (χ1n) is 8.43. The lowest BCUT2D eigenvalue weighted by atomic mass is 10.2. The van der Waals surface area contributed by atoms with Crippen LogP contribution in [0.2, 0.25) is 5.04 Å². The Morgan fingerprint density at radius 3 is 1.79 bits per heavy atom. The summed E-state index contributed by atoms with van der Waals surface area (Å²) in [6, 6.07) is 21.6. The molecule has 0 heterocycles. The molecule has 0 aliphatic carbocycles. The summed E-state index contributed by atoms with van der Waals surface area (Å²) in [4.78, 5) is 0. The number of rotatable bonds is 6. The smallest absolute Gasteiger partial charge is 0.261 e. The molecule has 2 aromatic rings. The molecule has 3 heteroatoms. The molecule has 0 aromatic heterocycles. The van der Waals surface area contributed by atoms with Gasteiger partial charge in [-0.1, -0.05) is 117 Å². The Bertz CT molecular complexity index is 607. The van der Waals surface area contributed by atoms with Gasteiger partial charge in [-0.2, -0.15) is 0 Å². The van der Waals surface area contributed by atoms with Crippen molar-refractivity contribution in [1.29, 1.82) is 0 Å². The molecule has 0 N–H and O–H groups in total. The van der Waals surface area contributed by atoms with Crippen molar-refractivity contribution in [3.8, 4) is 0 Å². The van der Waals surface area contributed by atoms with Crippen LogP contribution in [0, 0.1) is 5.92 Å². The van der Waals surface area contributed by atoms with Gasteiger partial charge < -0.3 is 4.43 Å². The van der Waals surface area contributed by atoms with Gasteiger partial charge in [0.1, 0.15) is 0 Å². The van der Waals surface area contributed by atoms with Crippen molar-refractivity contribution < 1.29 is 4.43 Å². The first-order valence-corrected chi connectivity index (χ1v) is 11.6. The Morgan fingerprint density at radius 2 is 1.42 bits per heavy atom. The second-order valence-electron chi connectivity index (χ2n) is 7.27. The molecule has 0 spiro atoms. The van der Waals surface area contributed by atoms with Gasteiger partial charge in [0.25, 0.3) is 8.32 Å². The molecule has 0 amide bonds. The predicted molar refractivity (Wildman–Crippen MR) is 116 cm³/mol. The van der Waals surface area contributed by atoms with E-state index < -0.39 is 8.32 Å². The van der Waals surface area contributed by atoms with E-state index in [1.54, 1.807) is 0 Å². The fourth-order valence-electron chi connectivity index (χ4n) is 3.20. The average Bonchev–Trinajstić information content (AvgIpc) is 2.56. The first kappa shape index (κ1) is 19.4. The highest BCUT2D eigenvalue weighted by Gasteiger charge is 2.50. The van der Waals surface area contributed by atoms with Gasteiger partial charge in [0.05, 0.1) is 0 Å². The number of benzene rings is 2. The van der Waals surface area contributed by atoms with Crippen LogP contribution in [0.5, 0.6) is 0 Å². The largest absolute Gasteiger partial charge is 0.407 e. The second-order valence-corrected chi connectivity index (χ2v) is 12.3. The summed E-state index contributed by atoms with van der Waals surface area (Å²) in [5.41, 5.74) is 0. The molecule has 1 atom stereocenters. The lowest BCUT2D eigenvalue weighted by molar-refractivity contribution is 0.268. The molecule has 0 aliphatic rings. The van der Waals surface area contributed by atoms with Gasteiger partial charge in [0.15, 0.2) is 0 Å². The topological polar surface area (TPSA) is 9.23 Å². The van der Waals surface area contributed by atoms with Crippen LogP contribution >= 0.6 is 22.6 Å². The molecule has 128 valence electrons. The van der Waals surface area contributed by atoms with Crippen molar-refractivity contribution in [2.45, 2.75) is 32.7 Å². The maximum atomic E-state index is 6.86. The van der Waals surface area contributed by atoms with Crippen molar-refractivity contribution >= 4 is 41.3 Å². The average molecular weight is 450 g/mol. The molecule has 0 fully saturated rings. The first-order chi connectivity index (χ1) is 11.4. The fourth-order valence-corrected chi connectivity index (χ4v) is 8.57. The van der Waals surface area contributed by atoms with Gasteiger partial charge in [-0.15, -0.1) is 0 Å². The van der Waals surface area contributed by atoms with Gasteiger partial charge >= 0.3 is 0 Å². The third-order valence-electron chi connectivity index (χ3n) is 4.38. The highest BCUT2D eigenvalue weighted by molar-refractivity contribution is 14.1. The summed E-state index contributed by atoms with van der Waals surface area (Å²) in [7, 11) is -2.38. The Hall–Kier alpha value is -0.913. The van der Waals surface area contributed by atoms with Crippen molar-refractivity contribution in [2.24, 2.45) is 5.92 Å². The van der Waals surface area contributed by atoms with Crippen molar-refractivity contribution in [1.82, 2.24) is 0 Å². The molecular formula is C21H27IOSi. The molecule has 2 aromatic carbocycles. The Labute approximate surface area is 161 Å². The van der Waals surface area contributed by atoms with E-state index in [0.29, 0.717) is 5.92 Å². The fraction of sp³-hybridized carbons (Fsp3) is 0.333. The molecule has 0 saturated carbocycles. The summed E-state index contributed by atoms with van der Waals surface area (Å²) < 4.78 is 8.95. The summed E-state index contributed by atoms with van der Waals surface area (Å²) in [5.74, 6) is 0.406. The van der Waals surface area contributed by atoms with Crippen LogP contribution in [-0.4, -0.2) is 14.9 Å². The van der Waals surface area contributed by atoms with Crippen LogP contribution in [0.3, 0.4) is 0 Å². The molecule has 0 bridgehead atoms. The van der Waals surface area contributed by atoms with E-state index in [0.717, 1.165) is 6.61 Å². The molecule has 24 heavy (non-hydrogen) atoms. The quantitative estimate of drug-likeness (QED) is 0.437. The van der Waals surface area contributed by atoms with Crippen molar-refractivity contribution in [3.63, 3.8) is 0 Å². The zero-order valence-corrected chi connectivity index (χ0v) is 18.2. The van der Waals surface area contributed by atoms with Crippen LogP contribution in [-0.2, 0) is 4.43 Å². The maximum Gasteiger partial charge on any atom is 0.261 e. The standard InChI is InChI=1S/C21H27IOSi/c1-18(15-16-22)17-23-24(21(2,3)4,19-11-7-5-8-12-19)20-13-9-6-10-14-20/h5-16,18H,17H2,1-4H3/b16-15+/t18-/m0/s1. The van der Waals surface area contributed by atoms with E-state index >= 15 is 0 Å². The third kappa shape index (κ3) is 4.19. The lowest BCUT2D eigenvalue weighted by Gasteiger charge is -2.43. The zero-order chi connectivity index (χ0) is 17.6. The summed E-state index contributed by atoms with van der Waals surface area (Å²) >= 11 is 2.28. The second kappa shape index (κ2) is 8.45. The highest BCUT2D eigenvalue weighted by Crippen LogP contribution is 2.37. The summed E-state index contributed by atoms with van der Waals surface area (Å²) in [6.07, 6.45) is 2.21. The molecule has 0 unspecified atom stereocenters. The Morgan fingerprint density at radius 1 is 0.958 bits per heavy atom. The zero-order valence-electron chi connectivity index (χ0n) is 15.0. The molecule has 0 aliphatic heterocycles. The van der Waals surface area contributed by atoms with Gasteiger partial charge in [-0.05, 0) is 25.4 Å². The monoisotopic (exact) mass is 450 g/mol. The molecular weight excluding hydrogens is 423 g/mol. The van der Waals surface area contributed by atoms with E-state index in [-0.39, 0.29) is 5.04 Å². The summed E-state index contributed by atoms with van der Waals surface area (Å²) in [6.45, 7) is 9.91. The Balaban J connectivity index is 2.57. The molecule has 0 radical (unpaired) electrons. The highest BCUT2D eigenvalue weighted by atomic mass is 127. The van der Waals surface area contributed by atoms with E-state index in [4.69, 9.17) is 4.43 Å². The summed E-state index contributed by atoms with van der Waals surface area (Å²) in [5, 5.41) is 2.73. The van der Waals surface area contributed by atoms with Crippen LogP contribution in [0.15, 0.2) is 70.8 Å². The van der Waals surface area contributed by atoms with Crippen molar-refractivity contribution in [3.05, 3.63) is 70.8 Å². The Kier molecular flexibility index (Phi) is 6.84. The minimum Gasteiger partial charge on any atom is -0.407 e. The number of halogens is 1.